The molecule has 2 aliphatic rings. The van der Waals surface area contributed by atoms with Crippen LogP contribution in [0.1, 0.15) is 32.3 Å². The molecule has 1 aliphatic heterocycles. The predicted octanol–water partition coefficient (Wildman–Crippen LogP) is 1.26. The van der Waals surface area contributed by atoms with Crippen LogP contribution < -0.4 is 4.31 Å². The van der Waals surface area contributed by atoms with E-state index in [9.17, 15) is 23.1 Å². The Morgan fingerprint density at radius 2 is 1.71 bits per heavy atom. The average Bonchev–Trinajstić information content (AvgIpc) is 3.20. The van der Waals surface area contributed by atoms with Crippen molar-refractivity contribution in [1.29, 1.82) is 0 Å². The van der Waals surface area contributed by atoms with Gasteiger partial charge in [0.25, 0.3) is 15.9 Å². The number of hydrogen-bond acceptors (Lipinski definition) is 4. The van der Waals surface area contributed by atoms with E-state index in [2.05, 4.69) is 0 Å². The van der Waals surface area contributed by atoms with Crippen LogP contribution in [0, 0.1) is 0 Å². The summed E-state index contributed by atoms with van der Waals surface area (Å²) in [6, 6.07) is 6.15. The summed E-state index contributed by atoms with van der Waals surface area (Å²) in [6.45, 7) is 2.75. The second kappa shape index (κ2) is 3.85. The smallest absolute Gasteiger partial charge is 0.314 e. The first-order valence-corrected chi connectivity index (χ1v) is 8.02. The summed E-state index contributed by atoms with van der Waals surface area (Å²) in [5, 5.41) is 9.23. The van der Waals surface area contributed by atoms with Gasteiger partial charge in [-0.2, -0.15) is 0 Å². The molecule has 1 aromatic carbocycles. The fourth-order valence-corrected chi connectivity index (χ4v) is 4.06. The Bertz CT molecular complexity index is 744. The van der Waals surface area contributed by atoms with Crippen LogP contribution in [0.4, 0.5) is 5.69 Å². The zero-order valence-corrected chi connectivity index (χ0v) is 12.5. The molecule has 7 heteroatoms. The van der Waals surface area contributed by atoms with Crippen molar-refractivity contribution in [1.82, 2.24) is 0 Å². The van der Waals surface area contributed by atoms with E-state index >= 15 is 0 Å². The highest BCUT2D eigenvalue weighted by molar-refractivity contribution is 7.98. The number of nitrogens with zero attached hydrogens (tertiary/aromatic N) is 1. The molecule has 1 saturated heterocycles. The number of rotatable bonds is 3. The third-order valence-electron chi connectivity index (χ3n) is 4.40. The molecule has 0 aromatic heterocycles. The molecule has 1 heterocycles. The molecule has 1 N–H and O–H groups in total. The molecule has 1 aromatic rings. The fraction of sp³-hybridized carbons (Fsp3) is 0.429. The summed E-state index contributed by atoms with van der Waals surface area (Å²) in [4.78, 5) is 23.2. The monoisotopic (exact) mass is 309 g/mol. The maximum absolute atomic E-state index is 12.1. The van der Waals surface area contributed by atoms with Gasteiger partial charge in [-0.15, -0.1) is 0 Å². The van der Waals surface area contributed by atoms with Gasteiger partial charge in [-0.25, -0.2) is 12.7 Å². The predicted molar refractivity (Wildman–Crippen MR) is 75.5 cm³/mol. The van der Waals surface area contributed by atoms with E-state index in [0.29, 0.717) is 18.4 Å². The number of sulfonamides is 1. The molecule has 3 rings (SSSR count). The number of benzene rings is 1. The van der Waals surface area contributed by atoms with E-state index in [1.165, 1.54) is 26.0 Å². The Morgan fingerprint density at radius 1 is 1.19 bits per heavy atom. The summed E-state index contributed by atoms with van der Waals surface area (Å²) in [6.07, 6.45) is 1.16. The Hall–Kier alpha value is -1.89. The Kier molecular flexibility index (Phi) is 2.58. The normalized spacial score (nSPS) is 24.3. The second-order valence-electron chi connectivity index (χ2n) is 6.02. The zero-order valence-electron chi connectivity index (χ0n) is 11.7. The number of hydrogen-bond donors (Lipinski definition) is 1. The van der Waals surface area contributed by atoms with Gasteiger partial charge in [0, 0.05) is 0 Å². The summed E-state index contributed by atoms with van der Waals surface area (Å²) >= 11 is 0. The minimum atomic E-state index is -3.68. The van der Waals surface area contributed by atoms with Crippen molar-refractivity contribution in [2.24, 2.45) is 0 Å². The molecule has 1 aliphatic carbocycles. The number of carboxylic acids is 1. The quantitative estimate of drug-likeness (QED) is 0.907. The maximum atomic E-state index is 12.1. The highest BCUT2D eigenvalue weighted by atomic mass is 32.2. The van der Waals surface area contributed by atoms with E-state index in [-0.39, 0.29) is 5.69 Å². The van der Waals surface area contributed by atoms with Gasteiger partial charge >= 0.3 is 5.97 Å². The van der Waals surface area contributed by atoms with Crippen molar-refractivity contribution in [3.05, 3.63) is 29.8 Å². The molecular weight excluding hydrogens is 294 g/mol. The Morgan fingerprint density at radius 3 is 2.10 bits per heavy atom. The molecule has 21 heavy (non-hydrogen) atoms. The molecule has 0 bridgehead atoms. The molecule has 0 unspecified atom stereocenters. The summed E-state index contributed by atoms with van der Waals surface area (Å²) in [5.41, 5.74) is 0.0583. The molecule has 1 saturated carbocycles. The van der Waals surface area contributed by atoms with Crippen molar-refractivity contribution in [2.75, 3.05) is 4.31 Å². The van der Waals surface area contributed by atoms with E-state index in [1.807, 2.05) is 0 Å². The van der Waals surface area contributed by atoms with Crippen molar-refractivity contribution in [3.63, 3.8) is 0 Å². The van der Waals surface area contributed by atoms with Gasteiger partial charge in [-0.1, -0.05) is 12.1 Å². The first kappa shape index (κ1) is 14.1. The topological polar surface area (TPSA) is 91.8 Å². The average molecular weight is 309 g/mol. The number of carboxylic acid groups (broad SMARTS) is 1. The number of aliphatic carboxylic acids is 1. The van der Waals surface area contributed by atoms with Crippen LogP contribution in [0.15, 0.2) is 24.3 Å². The lowest BCUT2D eigenvalue weighted by molar-refractivity contribution is -0.140. The van der Waals surface area contributed by atoms with Crippen LogP contribution in [0.2, 0.25) is 0 Å². The van der Waals surface area contributed by atoms with Gasteiger partial charge in [0.2, 0.25) is 0 Å². The lowest BCUT2D eigenvalue weighted by Gasteiger charge is -2.42. The summed E-state index contributed by atoms with van der Waals surface area (Å²) in [5.74, 6) is -1.35. The summed E-state index contributed by atoms with van der Waals surface area (Å²) in [7, 11) is -3.68. The lowest BCUT2D eigenvalue weighted by Crippen LogP contribution is -2.67. The number of carbonyl (C=O) groups is 2. The molecule has 2 fully saturated rings. The van der Waals surface area contributed by atoms with E-state index < -0.39 is 32.1 Å². The van der Waals surface area contributed by atoms with E-state index in [1.54, 1.807) is 12.1 Å². The SMILES string of the molecule is CC1(C)C(=O)N(c2ccc(C3(C(=O)O)CC3)cc2)S1(=O)=O. The van der Waals surface area contributed by atoms with Crippen LogP contribution in [0.25, 0.3) is 0 Å². The van der Waals surface area contributed by atoms with Crippen LogP contribution in [0.3, 0.4) is 0 Å². The first-order chi connectivity index (χ1) is 9.64. The van der Waals surface area contributed by atoms with Crippen LogP contribution in [-0.4, -0.2) is 30.1 Å². The van der Waals surface area contributed by atoms with Crippen molar-refractivity contribution in [3.8, 4) is 0 Å². The van der Waals surface area contributed by atoms with Crippen molar-refractivity contribution in [2.45, 2.75) is 36.9 Å². The van der Waals surface area contributed by atoms with Crippen molar-refractivity contribution >= 4 is 27.6 Å². The highest BCUT2D eigenvalue weighted by Crippen LogP contribution is 2.49. The molecule has 0 radical (unpaired) electrons. The second-order valence-corrected chi connectivity index (χ2v) is 8.35. The highest BCUT2D eigenvalue weighted by Gasteiger charge is 2.61. The standard InChI is InChI=1S/C14H15NO5S/c1-13(2)11(16)15(21(13,19)20)10-5-3-9(4-6-10)14(7-8-14)12(17)18/h3-6H,7-8H2,1-2H3,(H,17,18). The number of carbonyl (C=O) groups excluding carboxylic acids is 1. The van der Waals surface area contributed by atoms with Gasteiger partial charge in [-0.05, 0) is 44.4 Å². The van der Waals surface area contributed by atoms with Crippen LogP contribution in [-0.2, 0) is 25.0 Å². The van der Waals surface area contributed by atoms with Crippen LogP contribution >= 0.6 is 0 Å². The fourth-order valence-electron chi connectivity index (χ4n) is 2.58. The largest absolute Gasteiger partial charge is 0.481 e. The van der Waals surface area contributed by atoms with Gasteiger partial charge < -0.3 is 5.11 Å². The van der Waals surface area contributed by atoms with E-state index in [4.69, 9.17) is 0 Å². The van der Waals surface area contributed by atoms with Crippen LogP contribution in [0.5, 0.6) is 0 Å². The third kappa shape index (κ3) is 1.61. The zero-order chi connectivity index (χ0) is 15.6. The Labute approximate surface area is 122 Å². The molecule has 0 spiro atoms. The molecule has 1 amide bonds. The minimum Gasteiger partial charge on any atom is -0.481 e. The van der Waals surface area contributed by atoms with Crippen molar-refractivity contribution < 1.29 is 23.1 Å². The van der Waals surface area contributed by atoms with Gasteiger partial charge in [0.15, 0.2) is 4.75 Å². The first-order valence-electron chi connectivity index (χ1n) is 6.58. The lowest BCUT2D eigenvalue weighted by atomic mass is 9.96. The molecule has 112 valence electrons. The maximum Gasteiger partial charge on any atom is 0.314 e. The molecule has 6 nitrogen and oxygen atoms in total. The summed E-state index contributed by atoms with van der Waals surface area (Å²) < 4.78 is 23.6. The Balaban J connectivity index is 1.94. The van der Waals surface area contributed by atoms with E-state index in [0.717, 1.165) is 4.31 Å². The van der Waals surface area contributed by atoms with Gasteiger partial charge in [-0.3, -0.25) is 9.59 Å². The minimum absolute atomic E-state index is 0.254. The third-order valence-corrected chi connectivity index (χ3v) is 6.72. The molecule has 0 atom stereocenters. The van der Waals surface area contributed by atoms with Gasteiger partial charge in [0.05, 0.1) is 11.1 Å². The molecular formula is C14H15NO5S. The number of anilines is 1. The number of amides is 1. The van der Waals surface area contributed by atoms with Gasteiger partial charge in [0.1, 0.15) is 0 Å².